The lowest BCUT2D eigenvalue weighted by Crippen LogP contribution is -2.51. The van der Waals surface area contributed by atoms with Gasteiger partial charge in [-0.2, -0.15) is 0 Å². The number of aliphatic hydroxyl groups excluding tert-OH is 1. The molecule has 0 saturated carbocycles. The molecule has 1 atom stereocenters. The number of anilines is 1. The molecule has 1 aromatic carbocycles. The van der Waals surface area contributed by atoms with Gasteiger partial charge >= 0.3 is 0 Å². The smallest absolute Gasteiger partial charge is 0.240 e. The molecule has 2 rings (SSSR count). The number of benzene rings is 1. The number of fused-ring (bicyclic) bond motifs is 1. The van der Waals surface area contributed by atoms with Crippen LogP contribution in [0.25, 0.3) is 0 Å². The number of nitrogens with zero attached hydrogens (tertiary/aromatic N) is 1. The summed E-state index contributed by atoms with van der Waals surface area (Å²) < 4.78 is 0. The van der Waals surface area contributed by atoms with Crippen molar-refractivity contribution >= 4 is 17.5 Å². The Bertz CT molecular complexity index is 559. The lowest BCUT2D eigenvalue weighted by molar-refractivity contribution is -0.125. The number of carbonyl (C=O) groups excluding carboxylic acids is 2. The van der Waals surface area contributed by atoms with E-state index in [0.29, 0.717) is 12.8 Å². The zero-order valence-corrected chi connectivity index (χ0v) is 13.3. The van der Waals surface area contributed by atoms with Crippen molar-refractivity contribution in [1.29, 1.82) is 0 Å². The second-order valence-electron chi connectivity index (χ2n) is 6.04. The predicted molar refractivity (Wildman–Crippen MR) is 85.7 cm³/mol. The molecule has 0 fully saturated rings. The summed E-state index contributed by atoms with van der Waals surface area (Å²) in [4.78, 5) is 26.0. The summed E-state index contributed by atoms with van der Waals surface area (Å²) in [5.41, 5.74) is 1.49. The fraction of sp³-hybridized carbons (Fsp3) is 0.529. The highest BCUT2D eigenvalue weighted by molar-refractivity contribution is 6.01. The zero-order chi connectivity index (χ0) is 16.2. The van der Waals surface area contributed by atoms with Crippen molar-refractivity contribution in [1.82, 2.24) is 5.32 Å². The summed E-state index contributed by atoms with van der Waals surface area (Å²) in [7, 11) is 0. The minimum absolute atomic E-state index is 0.0193. The highest BCUT2D eigenvalue weighted by Gasteiger charge is 2.28. The van der Waals surface area contributed by atoms with E-state index in [0.717, 1.165) is 24.1 Å². The van der Waals surface area contributed by atoms with Crippen molar-refractivity contribution < 1.29 is 14.7 Å². The molecule has 0 radical (unpaired) electrons. The summed E-state index contributed by atoms with van der Waals surface area (Å²) in [6, 6.07) is 7.70. The van der Waals surface area contributed by atoms with Gasteiger partial charge in [-0.1, -0.05) is 25.1 Å². The Morgan fingerprint density at radius 2 is 2.09 bits per heavy atom. The highest BCUT2D eigenvalue weighted by atomic mass is 16.3. The Morgan fingerprint density at radius 1 is 1.36 bits per heavy atom. The average Bonchev–Trinajstić information content (AvgIpc) is 2.50. The fourth-order valence-corrected chi connectivity index (χ4v) is 2.76. The first-order chi connectivity index (χ1) is 10.5. The van der Waals surface area contributed by atoms with Gasteiger partial charge in [-0.15, -0.1) is 0 Å². The lowest BCUT2D eigenvalue weighted by atomic mass is 9.95. The molecular formula is C17H24N2O3. The van der Waals surface area contributed by atoms with E-state index >= 15 is 0 Å². The van der Waals surface area contributed by atoms with Crippen molar-refractivity contribution in [3.63, 3.8) is 0 Å². The van der Waals surface area contributed by atoms with Crippen molar-refractivity contribution in [2.45, 2.75) is 45.1 Å². The molecule has 5 nitrogen and oxygen atoms in total. The minimum Gasteiger partial charge on any atom is -0.396 e. The number of aryl methyl sites for hydroxylation is 1. The first kappa shape index (κ1) is 16.5. The Hall–Kier alpha value is -1.88. The standard InChI is InChI=1S/C17H24N2O3/c1-3-17(2,10-11-20)18-15(21)12-19-14-7-5-4-6-13(14)8-9-16(19)22/h4-7,20H,3,8-12H2,1-2H3,(H,18,21). The van der Waals surface area contributed by atoms with Crippen molar-refractivity contribution in [3.8, 4) is 0 Å². The SMILES string of the molecule is CCC(C)(CCO)NC(=O)CN1C(=O)CCc2ccccc21. The van der Waals surface area contributed by atoms with E-state index in [1.165, 1.54) is 0 Å². The van der Waals surface area contributed by atoms with Crippen LogP contribution in [0.4, 0.5) is 5.69 Å². The maximum atomic E-state index is 12.3. The van der Waals surface area contributed by atoms with Crippen LogP contribution >= 0.6 is 0 Å². The van der Waals surface area contributed by atoms with E-state index in [2.05, 4.69) is 5.32 Å². The van der Waals surface area contributed by atoms with E-state index in [9.17, 15) is 9.59 Å². The van der Waals surface area contributed by atoms with Crippen LogP contribution in [0.2, 0.25) is 0 Å². The summed E-state index contributed by atoms with van der Waals surface area (Å²) >= 11 is 0. The van der Waals surface area contributed by atoms with Crippen LogP contribution in [0.15, 0.2) is 24.3 Å². The molecule has 0 bridgehead atoms. The number of carbonyl (C=O) groups is 2. The number of hydrogen-bond acceptors (Lipinski definition) is 3. The number of hydrogen-bond donors (Lipinski definition) is 2. The van der Waals surface area contributed by atoms with Crippen LogP contribution in [0, 0.1) is 0 Å². The molecule has 1 aliphatic rings. The third-order valence-corrected chi connectivity index (χ3v) is 4.38. The largest absolute Gasteiger partial charge is 0.396 e. The molecule has 0 saturated heterocycles. The Labute approximate surface area is 131 Å². The maximum absolute atomic E-state index is 12.3. The second-order valence-corrected chi connectivity index (χ2v) is 6.04. The molecule has 5 heteroatoms. The van der Waals surface area contributed by atoms with Crippen LogP contribution in [-0.4, -0.2) is 35.6 Å². The third kappa shape index (κ3) is 3.65. The van der Waals surface area contributed by atoms with Gasteiger partial charge in [0.1, 0.15) is 6.54 Å². The molecule has 1 unspecified atom stereocenters. The molecular weight excluding hydrogens is 280 g/mol. The summed E-state index contributed by atoms with van der Waals surface area (Å²) in [5.74, 6) is -0.211. The summed E-state index contributed by atoms with van der Waals surface area (Å²) in [6.45, 7) is 3.93. The minimum atomic E-state index is -0.440. The van der Waals surface area contributed by atoms with Gasteiger partial charge in [0.15, 0.2) is 0 Å². The van der Waals surface area contributed by atoms with Crippen LogP contribution < -0.4 is 10.2 Å². The third-order valence-electron chi connectivity index (χ3n) is 4.38. The van der Waals surface area contributed by atoms with Gasteiger partial charge in [0.25, 0.3) is 0 Å². The Morgan fingerprint density at radius 3 is 2.77 bits per heavy atom. The number of aliphatic hydroxyl groups is 1. The first-order valence-electron chi connectivity index (χ1n) is 7.79. The molecule has 2 amide bonds. The van der Waals surface area contributed by atoms with Crippen molar-refractivity contribution in [2.24, 2.45) is 0 Å². The topological polar surface area (TPSA) is 69.6 Å². The molecule has 0 spiro atoms. The Kier molecular flexibility index (Phi) is 5.19. The Balaban J connectivity index is 2.10. The second kappa shape index (κ2) is 6.92. The van der Waals surface area contributed by atoms with Gasteiger partial charge in [0.2, 0.25) is 11.8 Å². The van der Waals surface area contributed by atoms with Gasteiger partial charge < -0.3 is 15.3 Å². The molecule has 1 aliphatic heterocycles. The quantitative estimate of drug-likeness (QED) is 0.839. The summed E-state index contributed by atoms with van der Waals surface area (Å²) in [6.07, 6.45) is 2.39. The van der Waals surface area contributed by atoms with Gasteiger partial charge in [-0.25, -0.2) is 0 Å². The molecule has 1 heterocycles. The predicted octanol–water partition coefficient (Wildman–Crippen LogP) is 1.63. The fourth-order valence-electron chi connectivity index (χ4n) is 2.76. The van der Waals surface area contributed by atoms with E-state index in [1.807, 2.05) is 38.1 Å². The van der Waals surface area contributed by atoms with Crippen molar-refractivity contribution in [3.05, 3.63) is 29.8 Å². The number of para-hydroxylation sites is 1. The normalized spacial score (nSPS) is 16.9. The lowest BCUT2D eigenvalue weighted by Gasteiger charge is -2.32. The van der Waals surface area contributed by atoms with Gasteiger partial charge in [0, 0.05) is 24.3 Å². The molecule has 0 aliphatic carbocycles. The van der Waals surface area contributed by atoms with E-state index in [4.69, 9.17) is 5.11 Å². The van der Waals surface area contributed by atoms with E-state index < -0.39 is 5.54 Å². The number of amides is 2. The van der Waals surface area contributed by atoms with Gasteiger partial charge in [-0.05, 0) is 37.8 Å². The van der Waals surface area contributed by atoms with E-state index in [1.54, 1.807) is 4.90 Å². The van der Waals surface area contributed by atoms with Crippen LogP contribution in [0.1, 0.15) is 38.7 Å². The molecule has 22 heavy (non-hydrogen) atoms. The van der Waals surface area contributed by atoms with Crippen molar-refractivity contribution in [2.75, 3.05) is 18.1 Å². The molecule has 1 aromatic rings. The van der Waals surface area contributed by atoms with E-state index in [-0.39, 0.29) is 25.0 Å². The first-order valence-corrected chi connectivity index (χ1v) is 7.79. The average molecular weight is 304 g/mol. The highest BCUT2D eigenvalue weighted by Crippen LogP contribution is 2.27. The zero-order valence-electron chi connectivity index (χ0n) is 13.3. The monoisotopic (exact) mass is 304 g/mol. The molecule has 120 valence electrons. The van der Waals surface area contributed by atoms with Crippen LogP contribution in [0.5, 0.6) is 0 Å². The van der Waals surface area contributed by atoms with Gasteiger partial charge in [-0.3, -0.25) is 9.59 Å². The summed E-state index contributed by atoms with van der Waals surface area (Å²) in [5, 5.41) is 12.1. The van der Waals surface area contributed by atoms with Gasteiger partial charge in [0.05, 0.1) is 0 Å². The van der Waals surface area contributed by atoms with Crippen LogP contribution in [-0.2, 0) is 16.0 Å². The number of nitrogens with one attached hydrogen (secondary N) is 1. The maximum Gasteiger partial charge on any atom is 0.240 e. The molecule has 0 aromatic heterocycles. The number of rotatable bonds is 6. The van der Waals surface area contributed by atoms with Crippen LogP contribution in [0.3, 0.4) is 0 Å². The molecule has 2 N–H and O–H groups in total.